The molecule has 0 aliphatic rings. The van der Waals surface area contributed by atoms with Crippen LogP contribution < -0.4 is 5.43 Å². The second-order valence-electron chi connectivity index (χ2n) is 6.35. The summed E-state index contributed by atoms with van der Waals surface area (Å²) in [5.41, 5.74) is 0.586. The van der Waals surface area contributed by atoms with Crippen molar-refractivity contribution < 1.29 is 13.6 Å². The molecule has 1 unspecified atom stereocenters. The fraction of sp³-hybridized carbons (Fsp3) is 0.250. The zero-order valence-electron chi connectivity index (χ0n) is 15.0. The van der Waals surface area contributed by atoms with Crippen LogP contribution in [0.3, 0.4) is 0 Å². The van der Waals surface area contributed by atoms with E-state index in [2.05, 4.69) is 5.10 Å². The van der Waals surface area contributed by atoms with E-state index in [1.165, 1.54) is 11.1 Å². The zero-order valence-corrected chi connectivity index (χ0v) is 15.0. The maximum Gasteiger partial charge on any atom is 0.224 e. The molecular weight excluding hydrogens is 352 g/mol. The number of rotatable bonds is 5. The molecule has 2 aromatic carbocycles. The number of hydrogen-bond donors (Lipinski definition) is 0. The summed E-state index contributed by atoms with van der Waals surface area (Å²) in [6.45, 7) is 1.91. The Balaban J connectivity index is 1.75. The van der Waals surface area contributed by atoms with Gasteiger partial charge in [0.2, 0.25) is 11.3 Å². The predicted molar refractivity (Wildman–Crippen MR) is 98.2 cm³/mol. The first-order valence-electron chi connectivity index (χ1n) is 8.54. The molecule has 140 valence electrons. The Morgan fingerprint density at radius 1 is 1.22 bits per heavy atom. The summed E-state index contributed by atoms with van der Waals surface area (Å²) < 4.78 is 29.0. The first-order valence-corrected chi connectivity index (χ1v) is 8.54. The van der Waals surface area contributed by atoms with Crippen molar-refractivity contribution in [2.75, 3.05) is 7.05 Å². The van der Waals surface area contributed by atoms with Gasteiger partial charge in [0.15, 0.2) is 0 Å². The van der Waals surface area contributed by atoms with Crippen molar-refractivity contribution >= 4 is 16.8 Å². The third-order valence-electron chi connectivity index (χ3n) is 4.68. The topological polar surface area (TPSA) is 55.2 Å². The van der Waals surface area contributed by atoms with Gasteiger partial charge < -0.3 is 4.90 Å². The number of carbonyl (C=O) groups excluding carboxylic acids is 1. The SMILES string of the molecule is CC(c1cc(F)ccc1F)N(C)C(=O)CCn1ncc(=O)c2ccccc21. The van der Waals surface area contributed by atoms with Crippen LogP contribution in [0.25, 0.3) is 10.9 Å². The Labute approximate surface area is 154 Å². The van der Waals surface area contributed by atoms with E-state index in [0.29, 0.717) is 10.9 Å². The molecule has 0 N–H and O–H groups in total. The van der Waals surface area contributed by atoms with Crippen LogP contribution in [0.4, 0.5) is 8.78 Å². The van der Waals surface area contributed by atoms with E-state index in [1.807, 2.05) is 0 Å². The highest BCUT2D eigenvalue weighted by atomic mass is 19.1. The van der Waals surface area contributed by atoms with Crippen LogP contribution in [0, 0.1) is 11.6 Å². The lowest BCUT2D eigenvalue weighted by atomic mass is 10.1. The van der Waals surface area contributed by atoms with Crippen molar-refractivity contribution in [1.29, 1.82) is 0 Å². The van der Waals surface area contributed by atoms with Crippen molar-refractivity contribution in [2.24, 2.45) is 0 Å². The van der Waals surface area contributed by atoms with Crippen LogP contribution in [0.15, 0.2) is 53.5 Å². The van der Waals surface area contributed by atoms with Gasteiger partial charge in [-0.05, 0) is 37.3 Å². The molecule has 1 heterocycles. The maximum absolute atomic E-state index is 14.0. The van der Waals surface area contributed by atoms with E-state index in [4.69, 9.17) is 0 Å². The van der Waals surface area contributed by atoms with Gasteiger partial charge in [0.05, 0.1) is 24.3 Å². The first-order chi connectivity index (χ1) is 12.9. The molecule has 3 aromatic rings. The molecule has 0 aliphatic carbocycles. The summed E-state index contributed by atoms with van der Waals surface area (Å²) >= 11 is 0. The Kier molecular flexibility index (Phi) is 5.30. The van der Waals surface area contributed by atoms with Crippen LogP contribution in [-0.2, 0) is 11.3 Å². The molecule has 1 atom stereocenters. The lowest BCUT2D eigenvalue weighted by Gasteiger charge is -2.26. The van der Waals surface area contributed by atoms with Gasteiger partial charge in [-0.2, -0.15) is 5.10 Å². The Bertz CT molecular complexity index is 1050. The summed E-state index contributed by atoms with van der Waals surface area (Å²) in [7, 11) is 1.55. The third kappa shape index (κ3) is 3.86. The molecule has 27 heavy (non-hydrogen) atoms. The van der Waals surface area contributed by atoms with Crippen molar-refractivity contribution in [3.05, 3.63) is 76.1 Å². The average Bonchev–Trinajstić information content (AvgIpc) is 2.68. The number of amides is 1. The van der Waals surface area contributed by atoms with E-state index in [1.54, 1.807) is 42.9 Å². The standard InChI is InChI=1S/C20H19F2N3O2/c1-13(16-11-14(21)7-8-17(16)22)24(2)20(27)9-10-25-18-6-4-3-5-15(18)19(26)12-23-25/h3-8,11-13H,9-10H2,1-2H3. The summed E-state index contributed by atoms with van der Waals surface area (Å²) in [6, 6.07) is 9.61. The molecule has 1 amide bonds. The van der Waals surface area contributed by atoms with Crippen LogP contribution in [0.5, 0.6) is 0 Å². The van der Waals surface area contributed by atoms with Gasteiger partial charge in [-0.1, -0.05) is 12.1 Å². The van der Waals surface area contributed by atoms with E-state index < -0.39 is 17.7 Å². The van der Waals surface area contributed by atoms with Gasteiger partial charge in [0, 0.05) is 24.4 Å². The molecule has 5 nitrogen and oxygen atoms in total. The maximum atomic E-state index is 14.0. The van der Waals surface area contributed by atoms with Gasteiger partial charge in [-0.15, -0.1) is 0 Å². The number of aryl methyl sites for hydroxylation is 1. The van der Waals surface area contributed by atoms with Crippen molar-refractivity contribution in [2.45, 2.75) is 25.9 Å². The molecule has 3 rings (SSSR count). The monoisotopic (exact) mass is 371 g/mol. The van der Waals surface area contributed by atoms with Crippen LogP contribution in [0.1, 0.15) is 24.9 Å². The van der Waals surface area contributed by atoms with Gasteiger partial charge in [-0.3, -0.25) is 14.3 Å². The summed E-state index contributed by atoms with van der Waals surface area (Å²) in [4.78, 5) is 25.8. The quantitative estimate of drug-likeness (QED) is 0.692. The number of carbonyl (C=O) groups is 1. The molecular formula is C20H19F2N3O2. The predicted octanol–water partition coefficient (Wildman–Crippen LogP) is 3.28. The largest absolute Gasteiger partial charge is 0.339 e. The molecule has 0 saturated carbocycles. The number of benzene rings is 2. The fourth-order valence-corrected chi connectivity index (χ4v) is 2.98. The molecule has 0 spiro atoms. The highest BCUT2D eigenvalue weighted by molar-refractivity contribution is 5.79. The molecule has 0 radical (unpaired) electrons. The van der Waals surface area contributed by atoms with Crippen molar-refractivity contribution in [3.63, 3.8) is 0 Å². The lowest BCUT2D eigenvalue weighted by molar-refractivity contribution is -0.132. The fourth-order valence-electron chi connectivity index (χ4n) is 2.98. The normalized spacial score (nSPS) is 12.1. The molecule has 0 fully saturated rings. The first kappa shape index (κ1) is 18.7. The summed E-state index contributed by atoms with van der Waals surface area (Å²) in [6.07, 6.45) is 1.33. The molecule has 7 heteroatoms. The highest BCUT2D eigenvalue weighted by Gasteiger charge is 2.21. The van der Waals surface area contributed by atoms with E-state index in [0.717, 1.165) is 18.2 Å². The van der Waals surface area contributed by atoms with Crippen LogP contribution in [0.2, 0.25) is 0 Å². The minimum absolute atomic E-state index is 0.109. The van der Waals surface area contributed by atoms with Gasteiger partial charge in [0.25, 0.3) is 0 Å². The van der Waals surface area contributed by atoms with Crippen LogP contribution >= 0.6 is 0 Å². The Hall–Kier alpha value is -3.09. The second-order valence-corrected chi connectivity index (χ2v) is 6.35. The number of fused-ring (bicyclic) bond motifs is 1. The molecule has 0 saturated heterocycles. The number of hydrogen-bond acceptors (Lipinski definition) is 3. The minimum atomic E-state index is -0.619. The summed E-state index contributed by atoms with van der Waals surface area (Å²) in [5, 5.41) is 4.62. The average molecular weight is 371 g/mol. The van der Waals surface area contributed by atoms with Crippen molar-refractivity contribution in [3.8, 4) is 0 Å². The summed E-state index contributed by atoms with van der Waals surface area (Å²) in [5.74, 6) is -1.35. The Morgan fingerprint density at radius 3 is 2.74 bits per heavy atom. The van der Waals surface area contributed by atoms with Gasteiger partial charge >= 0.3 is 0 Å². The number of para-hydroxylation sites is 1. The third-order valence-corrected chi connectivity index (χ3v) is 4.68. The molecule has 0 bridgehead atoms. The Morgan fingerprint density at radius 2 is 1.96 bits per heavy atom. The smallest absolute Gasteiger partial charge is 0.224 e. The number of halogens is 2. The van der Waals surface area contributed by atoms with Crippen LogP contribution in [-0.4, -0.2) is 27.6 Å². The van der Waals surface area contributed by atoms with E-state index >= 15 is 0 Å². The van der Waals surface area contributed by atoms with Crippen molar-refractivity contribution in [1.82, 2.24) is 14.7 Å². The zero-order chi connectivity index (χ0) is 19.6. The second kappa shape index (κ2) is 7.65. The van der Waals surface area contributed by atoms with E-state index in [-0.39, 0.29) is 29.9 Å². The lowest BCUT2D eigenvalue weighted by Crippen LogP contribution is -2.31. The number of aromatic nitrogens is 2. The minimum Gasteiger partial charge on any atom is -0.339 e. The molecule has 1 aromatic heterocycles. The number of nitrogens with zero attached hydrogens (tertiary/aromatic N) is 3. The van der Waals surface area contributed by atoms with Gasteiger partial charge in [0.1, 0.15) is 11.6 Å². The highest BCUT2D eigenvalue weighted by Crippen LogP contribution is 2.23. The van der Waals surface area contributed by atoms with E-state index in [9.17, 15) is 18.4 Å². The molecule has 0 aliphatic heterocycles. The van der Waals surface area contributed by atoms with Gasteiger partial charge in [-0.25, -0.2) is 8.78 Å².